The fourth-order valence-electron chi connectivity index (χ4n) is 4.52. The molecule has 3 aromatic rings. The lowest BCUT2D eigenvalue weighted by atomic mass is 9.97. The van der Waals surface area contributed by atoms with Crippen molar-refractivity contribution in [1.29, 1.82) is 0 Å². The number of allylic oxidation sites excluding steroid dienone is 1. The monoisotopic (exact) mass is 392 g/mol. The van der Waals surface area contributed by atoms with E-state index < -0.39 is 0 Å². The van der Waals surface area contributed by atoms with E-state index in [9.17, 15) is 0 Å². The number of anilines is 2. The summed E-state index contributed by atoms with van der Waals surface area (Å²) in [6.45, 7) is 9.79. The van der Waals surface area contributed by atoms with Gasteiger partial charge in [0.1, 0.15) is 5.01 Å². The maximum Gasteiger partial charge on any atom is 0.158 e. The second-order valence-electron chi connectivity index (χ2n) is 7.64. The van der Waals surface area contributed by atoms with Crippen LogP contribution >= 0.6 is 11.3 Å². The molecule has 0 aliphatic carbocycles. The van der Waals surface area contributed by atoms with Crippen LogP contribution in [0, 0.1) is 20.8 Å². The molecular formula is C23H28N4S. The molecule has 4 nitrogen and oxygen atoms in total. The van der Waals surface area contributed by atoms with Crippen LogP contribution in [0.2, 0.25) is 0 Å². The summed E-state index contributed by atoms with van der Waals surface area (Å²) >= 11 is 1.70. The zero-order valence-corrected chi connectivity index (χ0v) is 18.2. The first-order valence-corrected chi connectivity index (χ1v) is 10.9. The van der Waals surface area contributed by atoms with Crippen molar-refractivity contribution in [3.63, 3.8) is 0 Å². The van der Waals surface area contributed by atoms with Crippen LogP contribution in [0.5, 0.6) is 0 Å². The molecule has 28 heavy (non-hydrogen) atoms. The summed E-state index contributed by atoms with van der Waals surface area (Å²) in [4.78, 5) is 7.02. The fourth-order valence-corrected chi connectivity index (χ4v) is 5.20. The van der Waals surface area contributed by atoms with Crippen molar-refractivity contribution in [3.05, 3.63) is 62.7 Å². The normalized spacial score (nSPS) is 14.5. The number of fused-ring (bicyclic) bond motifs is 1. The van der Waals surface area contributed by atoms with Gasteiger partial charge in [0, 0.05) is 42.0 Å². The third-order valence-corrected chi connectivity index (χ3v) is 6.23. The second kappa shape index (κ2) is 7.55. The minimum atomic E-state index is 0.981. The molecule has 0 atom stereocenters. The van der Waals surface area contributed by atoms with E-state index in [4.69, 9.17) is 5.10 Å². The van der Waals surface area contributed by atoms with Gasteiger partial charge >= 0.3 is 0 Å². The Labute approximate surface area is 171 Å². The lowest BCUT2D eigenvalue weighted by molar-refractivity contribution is 0.738. The highest BCUT2D eigenvalue weighted by Crippen LogP contribution is 2.41. The van der Waals surface area contributed by atoms with Gasteiger partial charge < -0.3 is 4.90 Å². The first kappa shape index (κ1) is 18.9. The summed E-state index contributed by atoms with van der Waals surface area (Å²) in [5, 5.41) is 8.13. The topological polar surface area (TPSA) is 34.0 Å². The fraction of sp³-hybridized carbons (Fsp3) is 0.391. The number of aryl methyl sites for hydroxylation is 4. The molecule has 1 aliphatic heterocycles. The van der Waals surface area contributed by atoms with Gasteiger partial charge in [0.25, 0.3) is 0 Å². The summed E-state index contributed by atoms with van der Waals surface area (Å²) in [6.07, 6.45) is 7.35. The van der Waals surface area contributed by atoms with Gasteiger partial charge in [-0.1, -0.05) is 30.7 Å². The molecule has 5 heteroatoms. The van der Waals surface area contributed by atoms with E-state index in [1.165, 1.54) is 39.2 Å². The highest BCUT2D eigenvalue weighted by molar-refractivity contribution is 7.10. The van der Waals surface area contributed by atoms with Crippen LogP contribution in [-0.4, -0.2) is 21.3 Å². The number of rotatable bonds is 4. The van der Waals surface area contributed by atoms with E-state index in [1.807, 2.05) is 11.6 Å². The van der Waals surface area contributed by atoms with E-state index in [-0.39, 0.29) is 0 Å². The Hall–Kier alpha value is -2.40. The largest absolute Gasteiger partial charge is 0.324 e. The van der Waals surface area contributed by atoms with Crippen molar-refractivity contribution in [2.75, 3.05) is 11.4 Å². The van der Waals surface area contributed by atoms with Gasteiger partial charge in [-0.15, -0.1) is 11.3 Å². The highest BCUT2D eigenvalue weighted by atomic mass is 32.1. The summed E-state index contributed by atoms with van der Waals surface area (Å²) < 4.78 is 2.06. The van der Waals surface area contributed by atoms with Gasteiger partial charge in [0.05, 0.1) is 5.69 Å². The van der Waals surface area contributed by atoms with E-state index in [0.29, 0.717) is 0 Å². The van der Waals surface area contributed by atoms with Gasteiger partial charge in [0.15, 0.2) is 5.82 Å². The number of benzene rings is 1. The lowest BCUT2D eigenvalue weighted by Gasteiger charge is -2.31. The van der Waals surface area contributed by atoms with Crippen LogP contribution in [0.25, 0.3) is 5.57 Å². The summed E-state index contributed by atoms with van der Waals surface area (Å²) in [5.41, 5.74) is 9.06. The highest BCUT2D eigenvalue weighted by Gasteiger charge is 2.29. The first-order valence-electron chi connectivity index (χ1n) is 10.0. The molecule has 0 fully saturated rings. The molecule has 4 rings (SSSR count). The van der Waals surface area contributed by atoms with Crippen molar-refractivity contribution in [1.82, 2.24) is 14.8 Å². The maximum absolute atomic E-state index is 5.01. The molecule has 2 aromatic heterocycles. The van der Waals surface area contributed by atoms with Crippen LogP contribution in [0.3, 0.4) is 0 Å². The molecule has 3 heterocycles. The standard InChI is InChI=1S/C23H28N4S/c1-6-8-19(23-24-10-12-28-23)21-18-9-7-11-27(22(18)25-26(21)5)20-16(3)13-15(2)14-17(20)4/h8,10,12-14H,6-7,9,11H2,1-5H3. The number of hydrogen-bond acceptors (Lipinski definition) is 4. The zero-order chi connectivity index (χ0) is 19.8. The van der Waals surface area contributed by atoms with Crippen molar-refractivity contribution in [2.45, 2.75) is 47.0 Å². The van der Waals surface area contributed by atoms with Crippen molar-refractivity contribution in [2.24, 2.45) is 7.05 Å². The second-order valence-corrected chi connectivity index (χ2v) is 8.53. The van der Waals surface area contributed by atoms with Gasteiger partial charge in [-0.2, -0.15) is 5.10 Å². The summed E-state index contributed by atoms with van der Waals surface area (Å²) in [5.74, 6) is 1.11. The third kappa shape index (κ3) is 3.18. The van der Waals surface area contributed by atoms with E-state index >= 15 is 0 Å². The zero-order valence-electron chi connectivity index (χ0n) is 17.4. The molecule has 0 bridgehead atoms. The predicted molar refractivity (Wildman–Crippen MR) is 119 cm³/mol. The number of thiazole rings is 1. The Balaban J connectivity index is 1.87. The predicted octanol–water partition coefficient (Wildman–Crippen LogP) is 5.73. The van der Waals surface area contributed by atoms with E-state index in [2.05, 4.69) is 67.5 Å². The Kier molecular flexibility index (Phi) is 5.11. The van der Waals surface area contributed by atoms with Crippen molar-refractivity contribution >= 4 is 28.4 Å². The lowest BCUT2D eigenvalue weighted by Crippen LogP contribution is -2.26. The maximum atomic E-state index is 5.01. The molecule has 0 unspecified atom stereocenters. The Morgan fingerprint density at radius 3 is 2.61 bits per heavy atom. The quantitative estimate of drug-likeness (QED) is 0.569. The minimum Gasteiger partial charge on any atom is -0.324 e. The molecule has 146 valence electrons. The molecule has 0 saturated heterocycles. The molecule has 0 saturated carbocycles. The first-order chi connectivity index (χ1) is 13.5. The summed E-state index contributed by atoms with van der Waals surface area (Å²) in [6, 6.07) is 4.55. The smallest absolute Gasteiger partial charge is 0.158 e. The molecular weight excluding hydrogens is 364 g/mol. The Morgan fingerprint density at radius 2 is 1.96 bits per heavy atom. The number of hydrogen-bond donors (Lipinski definition) is 0. The minimum absolute atomic E-state index is 0.981. The average molecular weight is 393 g/mol. The van der Waals surface area contributed by atoms with Crippen LogP contribution < -0.4 is 4.90 Å². The SMILES string of the molecule is CCC=C(c1nccs1)c1c2c(nn1C)N(c1c(C)cc(C)cc1C)CCC2. The Bertz CT molecular complexity index is 1000. The molecule has 1 aliphatic rings. The summed E-state index contributed by atoms with van der Waals surface area (Å²) in [7, 11) is 2.07. The van der Waals surface area contributed by atoms with Gasteiger partial charge in [-0.25, -0.2) is 4.98 Å². The molecule has 0 spiro atoms. The van der Waals surface area contributed by atoms with Gasteiger partial charge in [0.2, 0.25) is 0 Å². The van der Waals surface area contributed by atoms with Crippen LogP contribution in [0.15, 0.2) is 29.8 Å². The van der Waals surface area contributed by atoms with Crippen molar-refractivity contribution < 1.29 is 0 Å². The molecule has 1 aromatic carbocycles. The number of aromatic nitrogens is 3. The Morgan fingerprint density at radius 1 is 1.21 bits per heavy atom. The van der Waals surface area contributed by atoms with E-state index in [0.717, 1.165) is 36.6 Å². The van der Waals surface area contributed by atoms with Crippen LogP contribution in [0.4, 0.5) is 11.5 Å². The van der Waals surface area contributed by atoms with Gasteiger partial charge in [-0.05, 0) is 51.2 Å². The van der Waals surface area contributed by atoms with Crippen molar-refractivity contribution in [3.8, 4) is 0 Å². The molecule has 0 N–H and O–H groups in total. The van der Waals surface area contributed by atoms with Crippen LogP contribution in [-0.2, 0) is 13.5 Å². The molecule has 0 amide bonds. The number of nitrogens with zero attached hydrogens (tertiary/aromatic N) is 4. The van der Waals surface area contributed by atoms with Gasteiger partial charge in [-0.3, -0.25) is 4.68 Å². The third-order valence-electron chi connectivity index (χ3n) is 5.42. The molecule has 0 radical (unpaired) electrons. The van der Waals surface area contributed by atoms with Crippen LogP contribution in [0.1, 0.15) is 52.7 Å². The average Bonchev–Trinajstić information content (AvgIpc) is 3.27. The van der Waals surface area contributed by atoms with E-state index in [1.54, 1.807) is 11.3 Å².